The molecule has 2 amide bonds. The number of benzene rings is 1. The van der Waals surface area contributed by atoms with Crippen molar-refractivity contribution < 1.29 is 23.5 Å². The summed E-state index contributed by atoms with van der Waals surface area (Å²) in [5, 5.41) is 0. The Morgan fingerprint density at radius 3 is 2.50 bits per heavy atom. The summed E-state index contributed by atoms with van der Waals surface area (Å²) in [5.41, 5.74) is 1.38. The molecule has 2 heterocycles. The topological polar surface area (TPSA) is 72.2 Å². The number of carbonyl (C=O) groups excluding carboxylic acids is 2. The number of rotatable bonds is 6. The molecule has 0 aliphatic carbocycles. The van der Waals surface area contributed by atoms with Gasteiger partial charge in [0.2, 0.25) is 5.91 Å². The average Bonchev–Trinajstić information content (AvgIpc) is 3.27. The largest absolute Gasteiger partial charge is 0.493 e. The van der Waals surface area contributed by atoms with E-state index in [1.807, 2.05) is 25.1 Å². The maximum Gasteiger partial charge on any atom is 0.257 e. The third-order valence-corrected chi connectivity index (χ3v) is 4.55. The van der Waals surface area contributed by atoms with Crippen LogP contribution in [-0.4, -0.2) is 61.5 Å². The molecule has 0 atom stereocenters. The lowest BCUT2D eigenvalue weighted by Crippen LogP contribution is -2.50. The van der Waals surface area contributed by atoms with E-state index in [9.17, 15) is 9.59 Å². The van der Waals surface area contributed by atoms with Gasteiger partial charge in [0.15, 0.2) is 11.5 Å². The van der Waals surface area contributed by atoms with Crippen molar-refractivity contribution in [2.45, 2.75) is 6.92 Å². The average molecular weight is 384 g/mol. The van der Waals surface area contributed by atoms with Crippen LogP contribution in [0, 0.1) is 0 Å². The maximum atomic E-state index is 12.5. The van der Waals surface area contributed by atoms with Crippen LogP contribution >= 0.6 is 0 Å². The zero-order valence-corrected chi connectivity index (χ0v) is 16.1. The summed E-state index contributed by atoms with van der Waals surface area (Å²) in [6, 6.07) is 7.18. The Hall–Kier alpha value is -3.22. The lowest BCUT2D eigenvalue weighted by Gasteiger charge is -2.34. The number of piperazine rings is 1. The molecule has 0 radical (unpaired) electrons. The summed E-state index contributed by atoms with van der Waals surface area (Å²) in [6.07, 6.45) is 6.22. The van der Waals surface area contributed by atoms with Crippen molar-refractivity contribution in [3.63, 3.8) is 0 Å². The Morgan fingerprint density at radius 1 is 1.11 bits per heavy atom. The molecule has 0 spiro atoms. The molecule has 3 rings (SSSR count). The van der Waals surface area contributed by atoms with Crippen molar-refractivity contribution >= 4 is 17.9 Å². The smallest absolute Gasteiger partial charge is 0.257 e. The van der Waals surface area contributed by atoms with E-state index in [1.54, 1.807) is 35.1 Å². The Bertz CT molecular complexity index is 836. The summed E-state index contributed by atoms with van der Waals surface area (Å²) >= 11 is 0. The molecule has 0 bridgehead atoms. The molecule has 0 N–H and O–H groups in total. The van der Waals surface area contributed by atoms with Gasteiger partial charge in [-0.25, -0.2) is 0 Å². The Labute approximate surface area is 164 Å². The first kappa shape index (κ1) is 19.5. The van der Waals surface area contributed by atoms with Gasteiger partial charge in [-0.3, -0.25) is 9.59 Å². The SMILES string of the molecule is CCOc1ccc(/C=C/C(=O)N2CCN(C(=O)c3ccoc3)CC2)cc1OC. The predicted molar refractivity (Wildman–Crippen MR) is 104 cm³/mol. The molecule has 7 heteroatoms. The van der Waals surface area contributed by atoms with Crippen LogP contribution in [0.5, 0.6) is 11.5 Å². The number of ether oxygens (including phenoxy) is 2. The third kappa shape index (κ3) is 4.54. The number of hydrogen-bond donors (Lipinski definition) is 0. The predicted octanol–water partition coefficient (Wildman–Crippen LogP) is 2.68. The van der Waals surface area contributed by atoms with Crippen molar-refractivity contribution in [2.24, 2.45) is 0 Å². The summed E-state index contributed by atoms with van der Waals surface area (Å²) in [4.78, 5) is 28.2. The quantitative estimate of drug-likeness (QED) is 0.716. The highest BCUT2D eigenvalue weighted by Gasteiger charge is 2.24. The van der Waals surface area contributed by atoms with Crippen LogP contribution in [0.15, 0.2) is 47.3 Å². The molecule has 1 aromatic heterocycles. The van der Waals surface area contributed by atoms with Gasteiger partial charge in [0.25, 0.3) is 5.91 Å². The minimum absolute atomic E-state index is 0.0714. The molecule has 0 unspecified atom stereocenters. The standard InChI is InChI=1S/C21H24N2O5/c1-3-28-18-6-4-16(14-19(18)26-2)5-7-20(24)22-9-11-23(12-10-22)21(25)17-8-13-27-15-17/h4-8,13-15H,3,9-12H2,1-2H3/b7-5+. The zero-order valence-electron chi connectivity index (χ0n) is 16.1. The van der Waals surface area contributed by atoms with Crippen LogP contribution < -0.4 is 9.47 Å². The second kappa shape index (κ2) is 9.12. The normalized spacial score (nSPS) is 14.4. The summed E-state index contributed by atoms with van der Waals surface area (Å²) in [6.45, 7) is 4.47. The highest BCUT2D eigenvalue weighted by atomic mass is 16.5. The molecule has 7 nitrogen and oxygen atoms in total. The Morgan fingerprint density at radius 2 is 1.86 bits per heavy atom. The molecular weight excluding hydrogens is 360 g/mol. The molecular formula is C21H24N2O5. The lowest BCUT2D eigenvalue weighted by atomic mass is 10.1. The molecule has 1 aliphatic rings. The van der Waals surface area contributed by atoms with E-state index in [-0.39, 0.29) is 11.8 Å². The first-order valence-corrected chi connectivity index (χ1v) is 9.21. The lowest BCUT2D eigenvalue weighted by molar-refractivity contribution is -0.127. The first-order valence-electron chi connectivity index (χ1n) is 9.21. The molecule has 28 heavy (non-hydrogen) atoms. The van der Waals surface area contributed by atoms with Gasteiger partial charge in [-0.2, -0.15) is 0 Å². The fourth-order valence-electron chi connectivity index (χ4n) is 3.03. The van der Waals surface area contributed by atoms with Gasteiger partial charge < -0.3 is 23.7 Å². The van der Waals surface area contributed by atoms with E-state index >= 15 is 0 Å². The molecule has 2 aromatic rings. The molecule has 1 saturated heterocycles. The van der Waals surface area contributed by atoms with Gasteiger partial charge >= 0.3 is 0 Å². The molecule has 148 valence electrons. The van der Waals surface area contributed by atoms with Gasteiger partial charge in [0.1, 0.15) is 6.26 Å². The number of amides is 2. The second-order valence-electron chi connectivity index (χ2n) is 6.31. The van der Waals surface area contributed by atoms with E-state index in [1.165, 1.54) is 12.5 Å². The van der Waals surface area contributed by atoms with Crippen LogP contribution in [0.1, 0.15) is 22.8 Å². The van der Waals surface area contributed by atoms with E-state index < -0.39 is 0 Å². The van der Waals surface area contributed by atoms with Crippen molar-refractivity contribution in [2.75, 3.05) is 39.9 Å². The number of methoxy groups -OCH3 is 1. The third-order valence-electron chi connectivity index (χ3n) is 4.55. The monoisotopic (exact) mass is 384 g/mol. The van der Waals surface area contributed by atoms with Gasteiger partial charge in [0.05, 0.1) is 25.5 Å². The van der Waals surface area contributed by atoms with Crippen molar-refractivity contribution in [1.29, 1.82) is 0 Å². The summed E-state index contributed by atoms with van der Waals surface area (Å²) in [5.74, 6) is 1.15. The van der Waals surface area contributed by atoms with Gasteiger partial charge in [-0.15, -0.1) is 0 Å². The fourth-order valence-corrected chi connectivity index (χ4v) is 3.03. The Kier molecular flexibility index (Phi) is 6.37. The Balaban J connectivity index is 1.56. The van der Waals surface area contributed by atoms with E-state index in [2.05, 4.69) is 0 Å². The highest BCUT2D eigenvalue weighted by Crippen LogP contribution is 2.28. The van der Waals surface area contributed by atoms with Crippen molar-refractivity contribution in [3.8, 4) is 11.5 Å². The van der Waals surface area contributed by atoms with Crippen LogP contribution in [0.3, 0.4) is 0 Å². The second-order valence-corrected chi connectivity index (χ2v) is 6.31. The van der Waals surface area contributed by atoms with Crippen LogP contribution in [0.2, 0.25) is 0 Å². The van der Waals surface area contributed by atoms with Gasteiger partial charge in [-0.05, 0) is 36.8 Å². The minimum Gasteiger partial charge on any atom is -0.493 e. The summed E-state index contributed by atoms with van der Waals surface area (Å²) < 4.78 is 15.8. The molecule has 1 fully saturated rings. The van der Waals surface area contributed by atoms with E-state index in [0.29, 0.717) is 49.8 Å². The molecule has 1 aliphatic heterocycles. The number of nitrogens with zero attached hydrogens (tertiary/aromatic N) is 2. The number of furan rings is 1. The minimum atomic E-state index is -0.0803. The van der Waals surface area contributed by atoms with E-state index in [4.69, 9.17) is 13.9 Å². The van der Waals surface area contributed by atoms with E-state index in [0.717, 1.165) is 5.56 Å². The first-order chi connectivity index (χ1) is 13.6. The highest BCUT2D eigenvalue weighted by molar-refractivity contribution is 5.94. The zero-order chi connectivity index (χ0) is 19.9. The number of carbonyl (C=O) groups is 2. The van der Waals surface area contributed by atoms with Crippen LogP contribution in [0.25, 0.3) is 6.08 Å². The molecule has 0 saturated carbocycles. The van der Waals surface area contributed by atoms with Gasteiger partial charge in [-0.1, -0.05) is 6.07 Å². The van der Waals surface area contributed by atoms with Crippen LogP contribution in [0.4, 0.5) is 0 Å². The van der Waals surface area contributed by atoms with Crippen LogP contribution in [-0.2, 0) is 4.79 Å². The number of hydrogen-bond acceptors (Lipinski definition) is 5. The van der Waals surface area contributed by atoms with Crippen molar-refractivity contribution in [3.05, 3.63) is 54.0 Å². The maximum absolute atomic E-state index is 12.5. The fraction of sp³-hybridized carbons (Fsp3) is 0.333. The van der Waals surface area contributed by atoms with Gasteiger partial charge in [0, 0.05) is 32.3 Å². The van der Waals surface area contributed by atoms with Crippen molar-refractivity contribution in [1.82, 2.24) is 9.80 Å². The summed E-state index contributed by atoms with van der Waals surface area (Å²) in [7, 11) is 1.58. The molecule has 1 aromatic carbocycles.